The molecule has 3 atom stereocenters. The molecule has 25 heavy (non-hydrogen) atoms. The number of anilines is 1. The quantitative estimate of drug-likeness (QED) is 0.860. The van der Waals surface area contributed by atoms with E-state index in [1.165, 1.54) is 12.0 Å². The van der Waals surface area contributed by atoms with Gasteiger partial charge in [-0.15, -0.1) is 12.4 Å². The van der Waals surface area contributed by atoms with Crippen LogP contribution in [0.15, 0.2) is 18.2 Å². The third-order valence-electron chi connectivity index (χ3n) is 5.92. The Morgan fingerprint density at radius 2 is 2.12 bits per heavy atom. The number of fused-ring (bicyclic) bond motifs is 2. The molecule has 3 N–H and O–H groups in total. The summed E-state index contributed by atoms with van der Waals surface area (Å²) in [4.78, 5) is 25.9. The van der Waals surface area contributed by atoms with Gasteiger partial charge in [-0.1, -0.05) is 12.1 Å². The SMILES string of the molecule is Cl.NC1CCC2CN(C(=O)CCCc3ccc4c(c3)CC(=O)N4)CC12. The first-order valence-electron chi connectivity index (χ1n) is 9.05. The van der Waals surface area contributed by atoms with E-state index >= 15 is 0 Å². The van der Waals surface area contributed by atoms with Crippen LogP contribution in [0.4, 0.5) is 5.69 Å². The van der Waals surface area contributed by atoms with Crippen LogP contribution >= 0.6 is 12.4 Å². The molecule has 0 radical (unpaired) electrons. The van der Waals surface area contributed by atoms with Crippen LogP contribution in [0, 0.1) is 11.8 Å². The molecule has 1 aromatic rings. The highest BCUT2D eigenvalue weighted by atomic mass is 35.5. The van der Waals surface area contributed by atoms with E-state index in [1.54, 1.807) is 0 Å². The summed E-state index contributed by atoms with van der Waals surface area (Å²) in [6.45, 7) is 1.76. The van der Waals surface area contributed by atoms with E-state index in [0.29, 0.717) is 24.7 Å². The summed E-state index contributed by atoms with van der Waals surface area (Å²) >= 11 is 0. The van der Waals surface area contributed by atoms with Gasteiger partial charge in [-0.25, -0.2) is 0 Å². The second-order valence-electron chi connectivity index (χ2n) is 7.53. The molecule has 6 heteroatoms. The van der Waals surface area contributed by atoms with Crippen molar-refractivity contribution in [1.82, 2.24) is 4.90 Å². The number of halogens is 1. The third kappa shape index (κ3) is 3.67. The molecule has 1 aromatic carbocycles. The van der Waals surface area contributed by atoms with Crippen molar-refractivity contribution in [3.63, 3.8) is 0 Å². The monoisotopic (exact) mass is 363 g/mol. The summed E-state index contributed by atoms with van der Waals surface area (Å²) in [5.74, 6) is 1.49. The predicted octanol–water partition coefficient (Wildman–Crippen LogP) is 2.12. The fourth-order valence-electron chi connectivity index (χ4n) is 4.55. The van der Waals surface area contributed by atoms with Crippen molar-refractivity contribution in [2.45, 2.75) is 44.6 Å². The molecule has 0 aromatic heterocycles. The highest BCUT2D eigenvalue weighted by Gasteiger charge is 2.42. The highest BCUT2D eigenvalue weighted by molar-refractivity contribution is 5.99. The number of nitrogens with zero attached hydrogens (tertiary/aromatic N) is 1. The molecular formula is C19H26ClN3O2. The Labute approximate surface area is 154 Å². The third-order valence-corrected chi connectivity index (χ3v) is 5.92. The summed E-state index contributed by atoms with van der Waals surface area (Å²) in [5, 5.41) is 2.85. The van der Waals surface area contributed by atoms with Gasteiger partial charge in [0.2, 0.25) is 11.8 Å². The maximum Gasteiger partial charge on any atom is 0.228 e. The standard InChI is InChI=1S/C19H25N3O2.ClH/c20-16-6-5-13-10-22(11-15(13)16)19(24)3-1-2-12-4-7-17-14(8-12)9-18(23)21-17;/h4,7-8,13,15-16H,1-3,5-6,9-11,20H2,(H,21,23);1H. The normalized spacial score (nSPS) is 26.8. The van der Waals surface area contributed by atoms with Crippen molar-refractivity contribution in [2.75, 3.05) is 18.4 Å². The van der Waals surface area contributed by atoms with E-state index in [-0.39, 0.29) is 30.3 Å². The minimum absolute atomic E-state index is 0. The smallest absolute Gasteiger partial charge is 0.228 e. The summed E-state index contributed by atoms with van der Waals surface area (Å²) in [6, 6.07) is 6.40. The van der Waals surface area contributed by atoms with E-state index in [9.17, 15) is 9.59 Å². The Balaban J connectivity index is 0.00000182. The minimum Gasteiger partial charge on any atom is -0.342 e. The molecule has 1 aliphatic carbocycles. The summed E-state index contributed by atoms with van der Waals surface area (Å²) in [7, 11) is 0. The van der Waals surface area contributed by atoms with Crippen LogP contribution in [0.1, 0.15) is 36.8 Å². The molecule has 1 saturated carbocycles. The lowest BCUT2D eigenvalue weighted by Gasteiger charge is -2.18. The van der Waals surface area contributed by atoms with Crippen molar-refractivity contribution in [3.05, 3.63) is 29.3 Å². The van der Waals surface area contributed by atoms with Gasteiger partial charge in [0.25, 0.3) is 0 Å². The lowest BCUT2D eigenvalue weighted by atomic mass is 9.98. The van der Waals surface area contributed by atoms with Gasteiger partial charge in [0.1, 0.15) is 0 Å². The molecule has 1 saturated heterocycles. The maximum atomic E-state index is 12.4. The van der Waals surface area contributed by atoms with Crippen LogP contribution in [0.5, 0.6) is 0 Å². The average molecular weight is 364 g/mol. The molecule has 3 aliphatic rings. The predicted molar refractivity (Wildman–Crippen MR) is 99.7 cm³/mol. The topological polar surface area (TPSA) is 75.4 Å². The Hall–Kier alpha value is -1.59. The Morgan fingerprint density at radius 1 is 1.28 bits per heavy atom. The van der Waals surface area contributed by atoms with Crippen LogP contribution in [-0.2, 0) is 22.4 Å². The van der Waals surface area contributed by atoms with Gasteiger partial charge in [0, 0.05) is 31.2 Å². The fraction of sp³-hybridized carbons (Fsp3) is 0.579. The van der Waals surface area contributed by atoms with Crippen LogP contribution in [0.25, 0.3) is 0 Å². The minimum atomic E-state index is 0. The largest absolute Gasteiger partial charge is 0.342 e. The molecule has 2 aliphatic heterocycles. The number of hydrogen-bond acceptors (Lipinski definition) is 3. The molecule has 4 rings (SSSR count). The molecule has 2 heterocycles. The number of nitrogens with two attached hydrogens (primary N) is 1. The molecule has 5 nitrogen and oxygen atoms in total. The number of amides is 2. The van der Waals surface area contributed by atoms with Gasteiger partial charge in [-0.3, -0.25) is 9.59 Å². The van der Waals surface area contributed by atoms with Gasteiger partial charge in [0.15, 0.2) is 0 Å². The molecule has 0 spiro atoms. The van der Waals surface area contributed by atoms with Crippen molar-refractivity contribution in [3.8, 4) is 0 Å². The molecule has 2 amide bonds. The second kappa shape index (κ2) is 7.34. The first-order valence-corrected chi connectivity index (χ1v) is 9.05. The molecule has 0 bridgehead atoms. The number of nitrogens with one attached hydrogen (secondary N) is 1. The Kier molecular flexibility index (Phi) is 5.35. The number of aryl methyl sites for hydroxylation is 1. The van der Waals surface area contributed by atoms with E-state index < -0.39 is 0 Å². The maximum absolute atomic E-state index is 12.4. The highest BCUT2D eigenvalue weighted by Crippen LogP contribution is 2.37. The lowest BCUT2D eigenvalue weighted by Crippen LogP contribution is -2.33. The molecule has 2 fully saturated rings. The number of carbonyl (C=O) groups is 2. The first-order chi connectivity index (χ1) is 11.6. The van der Waals surface area contributed by atoms with Crippen molar-refractivity contribution in [1.29, 1.82) is 0 Å². The van der Waals surface area contributed by atoms with Gasteiger partial charge < -0.3 is 16.0 Å². The lowest BCUT2D eigenvalue weighted by molar-refractivity contribution is -0.130. The summed E-state index contributed by atoms with van der Waals surface area (Å²) < 4.78 is 0. The van der Waals surface area contributed by atoms with Crippen LogP contribution in [0.3, 0.4) is 0 Å². The van der Waals surface area contributed by atoms with E-state index in [0.717, 1.165) is 43.6 Å². The van der Waals surface area contributed by atoms with Crippen molar-refractivity contribution >= 4 is 29.9 Å². The Morgan fingerprint density at radius 3 is 2.92 bits per heavy atom. The van der Waals surface area contributed by atoms with Gasteiger partial charge >= 0.3 is 0 Å². The van der Waals surface area contributed by atoms with Crippen LogP contribution < -0.4 is 11.1 Å². The molecular weight excluding hydrogens is 338 g/mol. The number of rotatable bonds is 4. The van der Waals surface area contributed by atoms with E-state index in [4.69, 9.17) is 5.73 Å². The van der Waals surface area contributed by atoms with Gasteiger partial charge in [-0.2, -0.15) is 0 Å². The fourth-order valence-corrected chi connectivity index (χ4v) is 4.55. The second-order valence-corrected chi connectivity index (χ2v) is 7.53. The number of carbonyl (C=O) groups excluding carboxylic acids is 2. The molecule has 136 valence electrons. The van der Waals surface area contributed by atoms with Gasteiger partial charge in [0.05, 0.1) is 6.42 Å². The summed E-state index contributed by atoms with van der Waals surface area (Å²) in [5.41, 5.74) is 9.36. The van der Waals surface area contributed by atoms with E-state index in [2.05, 4.69) is 11.4 Å². The van der Waals surface area contributed by atoms with Crippen LogP contribution in [0.2, 0.25) is 0 Å². The number of hydrogen-bond donors (Lipinski definition) is 2. The van der Waals surface area contributed by atoms with Crippen molar-refractivity contribution < 1.29 is 9.59 Å². The Bertz CT molecular complexity index is 679. The number of likely N-dealkylation sites (tertiary alicyclic amines) is 1. The molecule has 3 unspecified atom stereocenters. The average Bonchev–Trinajstić information content (AvgIpc) is 3.22. The zero-order valence-corrected chi connectivity index (χ0v) is 15.2. The zero-order valence-electron chi connectivity index (χ0n) is 14.4. The number of benzene rings is 1. The van der Waals surface area contributed by atoms with Gasteiger partial charge in [-0.05, 0) is 54.7 Å². The van der Waals surface area contributed by atoms with E-state index in [1.807, 2.05) is 17.0 Å². The zero-order chi connectivity index (χ0) is 16.7. The summed E-state index contributed by atoms with van der Waals surface area (Å²) in [6.07, 6.45) is 5.11. The van der Waals surface area contributed by atoms with Crippen molar-refractivity contribution in [2.24, 2.45) is 17.6 Å². The first kappa shape index (κ1) is 18.2. The van der Waals surface area contributed by atoms with Crippen LogP contribution in [-0.4, -0.2) is 35.8 Å².